The molecule has 0 spiro atoms. The first kappa shape index (κ1) is 16.4. The summed E-state index contributed by atoms with van der Waals surface area (Å²) in [5, 5.41) is 4.76. The molecule has 122 valence electrons. The third-order valence-electron chi connectivity index (χ3n) is 3.59. The molecule has 0 saturated carbocycles. The Morgan fingerprint density at radius 3 is 2.46 bits per heavy atom. The number of halogens is 2. The molecule has 1 heterocycles. The number of methoxy groups -OCH3 is 1. The Morgan fingerprint density at radius 2 is 1.83 bits per heavy atom. The summed E-state index contributed by atoms with van der Waals surface area (Å²) in [4.78, 5) is 12.7. The van der Waals surface area contributed by atoms with E-state index in [9.17, 15) is 4.79 Å². The Labute approximate surface area is 148 Å². The van der Waals surface area contributed by atoms with Crippen LogP contribution in [0.5, 0.6) is 5.75 Å². The largest absolute Gasteiger partial charge is 0.497 e. The van der Waals surface area contributed by atoms with Gasteiger partial charge in [-0.25, -0.2) is 4.68 Å². The average molecular weight is 361 g/mol. The molecule has 0 aliphatic rings. The van der Waals surface area contributed by atoms with Crippen LogP contribution in [0.2, 0.25) is 10.0 Å². The Balaban J connectivity index is 2.12. The van der Waals surface area contributed by atoms with E-state index >= 15 is 0 Å². The van der Waals surface area contributed by atoms with Crippen LogP contribution < -0.4 is 20.9 Å². The van der Waals surface area contributed by atoms with Crippen molar-refractivity contribution < 1.29 is 4.74 Å². The fourth-order valence-electron chi connectivity index (χ4n) is 2.32. The monoisotopic (exact) mass is 360 g/mol. The highest BCUT2D eigenvalue weighted by molar-refractivity contribution is 6.42. The lowest BCUT2D eigenvalue weighted by molar-refractivity contribution is 0.415. The van der Waals surface area contributed by atoms with Crippen molar-refractivity contribution in [2.75, 3.05) is 7.11 Å². The zero-order valence-corrected chi connectivity index (χ0v) is 14.4. The molecule has 0 bridgehead atoms. The van der Waals surface area contributed by atoms with Gasteiger partial charge in [-0.05, 0) is 42.0 Å². The Hall–Kier alpha value is -2.43. The van der Waals surface area contributed by atoms with Crippen LogP contribution in [-0.4, -0.2) is 16.9 Å². The smallest absolute Gasteiger partial charge is 0.279 e. The molecule has 0 saturated heterocycles. The van der Waals surface area contributed by atoms with E-state index in [1.807, 2.05) is 24.3 Å². The minimum Gasteiger partial charge on any atom is -0.497 e. The molecule has 0 aliphatic heterocycles. The number of benzene rings is 2. The highest BCUT2D eigenvalue weighted by atomic mass is 35.5. The molecule has 6 heteroatoms. The zero-order chi connectivity index (χ0) is 17.3. The first-order valence-corrected chi connectivity index (χ1v) is 7.86. The number of aromatic amines is 1. The second kappa shape index (κ2) is 6.59. The Kier molecular flexibility index (Phi) is 4.51. The zero-order valence-electron chi connectivity index (χ0n) is 12.8. The molecule has 2 aromatic carbocycles. The standard InChI is InChI=1S/C18H14Cl2N2O2/c1-11-15(9-12-3-6-14(24-2)7-4-12)18(23)22(21-11)13-5-8-16(19)17(20)10-13/h3-10,21H,1H2,2H3/b15-9+. The lowest BCUT2D eigenvalue weighted by Crippen LogP contribution is -2.33. The number of nitrogens with one attached hydrogen (secondary N) is 1. The highest BCUT2D eigenvalue weighted by Crippen LogP contribution is 2.23. The van der Waals surface area contributed by atoms with E-state index in [1.54, 1.807) is 31.4 Å². The number of ether oxygens (including phenoxy) is 1. The molecule has 0 amide bonds. The van der Waals surface area contributed by atoms with Gasteiger partial charge in [-0.3, -0.25) is 9.89 Å². The summed E-state index contributed by atoms with van der Waals surface area (Å²) < 4.78 is 6.52. The Bertz CT molecular complexity index is 1050. The van der Waals surface area contributed by atoms with Crippen molar-refractivity contribution in [1.82, 2.24) is 9.78 Å². The van der Waals surface area contributed by atoms with E-state index < -0.39 is 0 Å². The van der Waals surface area contributed by atoms with Crippen molar-refractivity contribution in [2.24, 2.45) is 0 Å². The van der Waals surface area contributed by atoms with Crippen molar-refractivity contribution in [2.45, 2.75) is 0 Å². The topological polar surface area (TPSA) is 47.0 Å². The first-order chi connectivity index (χ1) is 11.5. The first-order valence-electron chi connectivity index (χ1n) is 7.11. The molecule has 0 unspecified atom stereocenters. The summed E-state index contributed by atoms with van der Waals surface area (Å²) in [6.45, 7) is 3.91. The highest BCUT2D eigenvalue weighted by Gasteiger charge is 2.07. The molecule has 1 aromatic heterocycles. The van der Waals surface area contributed by atoms with Gasteiger partial charge in [0.05, 0.1) is 33.4 Å². The van der Waals surface area contributed by atoms with Crippen LogP contribution in [-0.2, 0) is 0 Å². The summed E-state index contributed by atoms with van der Waals surface area (Å²) in [5.74, 6) is 0.754. The SMILES string of the molecule is C=c1[nH]n(-c2ccc(Cl)c(Cl)c2)c(=O)/c1=C/c1ccc(OC)cc1. The predicted molar refractivity (Wildman–Crippen MR) is 97.7 cm³/mol. The summed E-state index contributed by atoms with van der Waals surface area (Å²) in [6, 6.07) is 12.4. The number of hydrogen-bond acceptors (Lipinski definition) is 2. The van der Waals surface area contributed by atoms with Crippen LogP contribution in [0.4, 0.5) is 0 Å². The number of aromatic nitrogens is 2. The van der Waals surface area contributed by atoms with Gasteiger partial charge in [0, 0.05) is 0 Å². The average Bonchev–Trinajstić information content (AvgIpc) is 2.86. The molecule has 1 N–H and O–H groups in total. The van der Waals surface area contributed by atoms with Crippen LogP contribution >= 0.6 is 23.2 Å². The fraction of sp³-hybridized carbons (Fsp3) is 0.0556. The summed E-state index contributed by atoms with van der Waals surface area (Å²) in [6.07, 6.45) is 1.77. The van der Waals surface area contributed by atoms with E-state index in [-0.39, 0.29) is 5.56 Å². The molecule has 3 rings (SSSR count). The van der Waals surface area contributed by atoms with Gasteiger partial charge >= 0.3 is 0 Å². The molecule has 0 radical (unpaired) electrons. The third kappa shape index (κ3) is 3.11. The van der Waals surface area contributed by atoms with Crippen LogP contribution in [0, 0.1) is 0 Å². The molecule has 0 atom stereocenters. The lowest BCUT2D eigenvalue weighted by atomic mass is 10.2. The minimum atomic E-state index is -0.214. The molecular weight excluding hydrogens is 347 g/mol. The van der Waals surface area contributed by atoms with Gasteiger partial charge in [0.15, 0.2) is 0 Å². The van der Waals surface area contributed by atoms with Crippen molar-refractivity contribution in [3.05, 3.63) is 79.0 Å². The number of rotatable bonds is 3. The maximum atomic E-state index is 12.7. The van der Waals surface area contributed by atoms with E-state index in [1.165, 1.54) is 4.68 Å². The van der Waals surface area contributed by atoms with Crippen molar-refractivity contribution in [1.29, 1.82) is 0 Å². The van der Waals surface area contributed by atoms with E-state index in [2.05, 4.69) is 11.7 Å². The number of nitrogens with zero attached hydrogens (tertiary/aromatic N) is 1. The quantitative estimate of drug-likeness (QED) is 0.780. The van der Waals surface area contributed by atoms with E-state index in [0.717, 1.165) is 11.3 Å². The van der Waals surface area contributed by atoms with E-state index in [4.69, 9.17) is 27.9 Å². The molecule has 24 heavy (non-hydrogen) atoms. The predicted octanol–water partition coefficient (Wildman–Crippen LogP) is 2.72. The molecule has 0 fully saturated rings. The maximum Gasteiger partial charge on any atom is 0.279 e. The number of H-pyrrole nitrogens is 1. The minimum absolute atomic E-state index is 0.214. The van der Waals surface area contributed by atoms with E-state index in [0.29, 0.717) is 26.3 Å². The van der Waals surface area contributed by atoms with Crippen LogP contribution in [0.3, 0.4) is 0 Å². The normalized spacial score (nSPS) is 11.7. The molecule has 3 aromatic rings. The van der Waals surface area contributed by atoms with Crippen molar-refractivity contribution >= 4 is 35.9 Å². The summed E-state index contributed by atoms with van der Waals surface area (Å²) >= 11 is 11.9. The lowest BCUT2D eigenvalue weighted by Gasteiger charge is -2.02. The summed E-state index contributed by atoms with van der Waals surface area (Å²) in [5.41, 5.74) is 1.25. The molecular formula is C18H14Cl2N2O2. The third-order valence-corrected chi connectivity index (χ3v) is 4.33. The molecule has 4 nitrogen and oxygen atoms in total. The van der Waals surface area contributed by atoms with Gasteiger partial charge in [0.2, 0.25) is 0 Å². The maximum absolute atomic E-state index is 12.7. The van der Waals surface area contributed by atoms with Gasteiger partial charge in [-0.1, -0.05) is 41.9 Å². The molecule has 0 aliphatic carbocycles. The van der Waals surface area contributed by atoms with Crippen LogP contribution in [0.25, 0.3) is 18.3 Å². The van der Waals surface area contributed by atoms with Gasteiger partial charge in [-0.2, -0.15) is 0 Å². The second-order valence-electron chi connectivity index (χ2n) is 5.16. The van der Waals surface area contributed by atoms with Crippen LogP contribution in [0.1, 0.15) is 5.56 Å². The summed E-state index contributed by atoms with van der Waals surface area (Å²) in [7, 11) is 1.61. The number of hydrogen-bond donors (Lipinski definition) is 1. The van der Waals surface area contributed by atoms with Gasteiger partial charge < -0.3 is 4.74 Å². The van der Waals surface area contributed by atoms with Crippen molar-refractivity contribution in [3.8, 4) is 11.4 Å². The van der Waals surface area contributed by atoms with Crippen molar-refractivity contribution in [3.63, 3.8) is 0 Å². The van der Waals surface area contributed by atoms with Gasteiger partial charge in [-0.15, -0.1) is 0 Å². The fourth-order valence-corrected chi connectivity index (χ4v) is 2.61. The van der Waals surface area contributed by atoms with Gasteiger partial charge in [0.1, 0.15) is 5.75 Å². The second-order valence-corrected chi connectivity index (χ2v) is 5.97. The Morgan fingerprint density at radius 1 is 1.12 bits per heavy atom. The van der Waals surface area contributed by atoms with Gasteiger partial charge in [0.25, 0.3) is 5.56 Å². The van der Waals surface area contributed by atoms with Crippen LogP contribution in [0.15, 0.2) is 47.3 Å².